The lowest BCUT2D eigenvalue weighted by Gasteiger charge is -2.06. The summed E-state index contributed by atoms with van der Waals surface area (Å²) in [5, 5.41) is 3.13. The maximum absolute atomic E-state index is 5.79. The van der Waals surface area contributed by atoms with Crippen molar-refractivity contribution in [3.63, 3.8) is 0 Å². The van der Waals surface area contributed by atoms with Crippen molar-refractivity contribution >= 4 is 11.0 Å². The molecule has 3 aromatic rings. The van der Waals surface area contributed by atoms with Crippen LogP contribution in [0.5, 0.6) is 5.75 Å². The standard InChI is InChI=1S/C16H17N3O/c1-17-10-12-5-4-6-13(9-12)20-11-16-18-14-7-2-3-8-15(14)19-16/h2-9,17H,10-11H2,1H3,(H,18,19). The van der Waals surface area contributed by atoms with E-state index < -0.39 is 0 Å². The van der Waals surface area contributed by atoms with Gasteiger partial charge in [-0.05, 0) is 36.9 Å². The fourth-order valence-corrected chi connectivity index (χ4v) is 2.18. The third-order valence-corrected chi connectivity index (χ3v) is 3.09. The highest BCUT2D eigenvalue weighted by Crippen LogP contribution is 2.16. The Morgan fingerprint density at radius 1 is 1.15 bits per heavy atom. The van der Waals surface area contributed by atoms with Crippen molar-refractivity contribution in [2.45, 2.75) is 13.2 Å². The Morgan fingerprint density at radius 3 is 2.90 bits per heavy atom. The Morgan fingerprint density at radius 2 is 2.05 bits per heavy atom. The van der Waals surface area contributed by atoms with Crippen LogP contribution in [0.4, 0.5) is 0 Å². The molecule has 1 aromatic heterocycles. The molecule has 2 aromatic carbocycles. The van der Waals surface area contributed by atoms with Crippen molar-refractivity contribution in [3.8, 4) is 5.75 Å². The van der Waals surface area contributed by atoms with Crippen LogP contribution in [0.2, 0.25) is 0 Å². The number of hydrogen-bond acceptors (Lipinski definition) is 3. The second-order valence-electron chi connectivity index (χ2n) is 4.67. The molecule has 0 saturated heterocycles. The number of fused-ring (bicyclic) bond motifs is 1. The van der Waals surface area contributed by atoms with Crippen molar-refractivity contribution < 1.29 is 4.74 Å². The lowest BCUT2D eigenvalue weighted by atomic mass is 10.2. The average Bonchev–Trinajstić information content (AvgIpc) is 2.89. The number of nitrogens with zero attached hydrogens (tertiary/aromatic N) is 1. The largest absolute Gasteiger partial charge is 0.486 e. The zero-order valence-electron chi connectivity index (χ0n) is 11.4. The molecule has 2 N–H and O–H groups in total. The van der Waals surface area contributed by atoms with E-state index >= 15 is 0 Å². The van der Waals surface area contributed by atoms with Crippen LogP contribution in [0.3, 0.4) is 0 Å². The van der Waals surface area contributed by atoms with E-state index in [0.29, 0.717) is 6.61 Å². The molecule has 0 aliphatic heterocycles. The van der Waals surface area contributed by atoms with Crippen LogP contribution < -0.4 is 10.1 Å². The molecule has 0 aliphatic carbocycles. The summed E-state index contributed by atoms with van der Waals surface area (Å²) in [5.74, 6) is 1.70. The summed E-state index contributed by atoms with van der Waals surface area (Å²) in [6.07, 6.45) is 0. The Kier molecular flexibility index (Phi) is 3.65. The van der Waals surface area contributed by atoms with Crippen LogP contribution in [-0.4, -0.2) is 17.0 Å². The first kappa shape index (κ1) is 12.7. The number of aromatic nitrogens is 2. The SMILES string of the molecule is CNCc1cccc(OCc2nc3ccccc3[nH]2)c1. The number of hydrogen-bond donors (Lipinski definition) is 2. The summed E-state index contributed by atoms with van der Waals surface area (Å²) < 4.78 is 5.79. The molecular weight excluding hydrogens is 250 g/mol. The number of rotatable bonds is 5. The van der Waals surface area contributed by atoms with Crippen LogP contribution in [0.1, 0.15) is 11.4 Å². The molecule has 0 fully saturated rings. The van der Waals surface area contributed by atoms with Crippen LogP contribution in [-0.2, 0) is 13.2 Å². The molecule has 20 heavy (non-hydrogen) atoms. The molecule has 102 valence electrons. The minimum atomic E-state index is 0.442. The topological polar surface area (TPSA) is 49.9 Å². The normalized spacial score (nSPS) is 10.8. The van der Waals surface area contributed by atoms with Crippen molar-refractivity contribution in [1.29, 1.82) is 0 Å². The second-order valence-corrected chi connectivity index (χ2v) is 4.67. The summed E-state index contributed by atoms with van der Waals surface area (Å²) in [7, 11) is 1.93. The number of para-hydroxylation sites is 2. The van der Waals surface area contributed by atoms with Crippen molar-refractivity contribution in [3.05, 3.63) is 59.9 Å². The second kappa shape index (κ2) is 5.75. The van der Waals surface area contributed by atoms with Crippen LogP contribution >= 0.6 is 0 Å². The number of benzene rings is 2. The van der Waals surface area contributed by atoms with Gasteiger partial charge in [-0.25, -0.2) is 4.98 Å². The van der Waals surface area contributed by atoms with E-state index in [2.05, 4.69) is 21.4 Å². The first-order valence-electron chi connectivity index (χ1n) is 6.65. The predicted octanol–water partition coefficient (Wildman–Crippen LogP) is 2.86. The highest BCUT2D eigenvalue weighted by atomic mass is 16.5. The van der Waals surface area contributed by atoms with Gasteiger partial charge >= 0.3 is 0 Å². The molecule has 0 bridgehead atoms. The molecule has 0 unspecified atom stereocenters. The van der Waals surface area contributed by atoms with Gasteiger partial charge in [0.1, 0.15) is 18.2 Å². The van der Waals surface area contributed by atoms with Gasteiger partial charge in [-0.15, -0.1) is 0 Å². The smallest absolute Gasteiger partial charge is 0.146 e. The lowest BCUT2D eigenvalue weighted by molar-refractivity contribution is 0.297. The maximum Gasteiger partial charge on any atom is 0.146 e. The molecule has 0 radical (unpaired) electrons. The van der Waals surface area contributed by atoms with Crippen LogP contribution in [0, 0.1) is 0 Å². The monoisotopic (exact) mass is 267 g/mol. The van der Waals surface area contributed by atoms with Crippen LogP contribution in [0.15, 0.2) is 48.5 Å². The highest BCUT2D eigenvalue weighted by Gasteiger charge is 2.03. The molecule has 1 heterocycles. The molecule has 4 nitrogen and oxygen atoms in total. The van der Waals surface area contributed by atoms with E-state index in [1.807, 2.05) is 49.5 Å². The summed E-state index contributed by atoms with van der Waals surface area (Å²) in [4.78, 5) is 7.75. The van der Waals surface area contributed by atoms with E-state index in [0.717, 1.165) is 29.2 Å². The number of imidazole rings is 1. The minimum absolute atomic E-state index is 0.442. The predicted molar refractivity (Wildman–Crippen MR) is 79.6 cm³/mol. The molecule has 0 spiro atoms. The molecule has 0 atom stereocenters. The fourth-order valence-electron chi connectivity index (χ4n) is 2.18. The number of aromatic amines is 1. The molecule has 0 aliphatic rings. The molecule has 0 saturated carbocycles. The molecule has 3 rings (SSSR count). The summed E-state index contributed by atoms with van der Waals surface area (Å²) in [6, 6.07) is 16.1. The Labute approximate surface area is 117 Å². The van der Waals surface area contributed by atoms with Crippen molar-refractivity contribution in [2.75, 3.05) is 7.05 Å². The number of ether oxygens (including phenoxy) is 1. The van der Waals surface area contributed by atoms with Crippen molar-refractivity contribution in [1.82, 2.24) is 15.3 Å². The van der Waals surface area contributed by atoms with Gasteiger partial charge < -0.3 is 15.0 Å². The third kappa shape index (κ3) is 2.81. The van der Waals surface area contributed by atoms with Gasteiger partial charge in [0, 0.05) is 6.54 Å². The third-order valence-electron chi connectivity index (χ3n) is 3.09. The summed E-state index contributed by atoms with van der Waals surface area (Å²) in [6.45, 7) is 1.28. The summed E-state index contributed by atoms with van der Waals surface area (Å²) in [5.41, 5.74) is 3.21. The van der Waals surface area contributed by atoms with E-state index in [1.165, 1.54) is 5.56 Å². The van der Waals surface area contributed by atoms with Gasteiger partial charge in [0.2, 0.25) is 0 Å². The van der Waals surface area contributed by atoms with Crippen LogP contribution in [0.25, 0.3) is 11.0 Å². The van der Waals surface area contributed by atoms with Gasteiger partial charge in [-0.2, -0.15) is 0 Å². The summed E-state index contributed by atoms with van der Waals surface area (Å²) >= 11 is 0. The fraction of sp³-hybridized carbons (Fsp3) is 0.188. The minimum Gasteiger partial charge on any atom is -0.486 e. The van der Waals surface area contributed by atoms with Gasteiger partial charge in [0.25, 0.3) is 0 Å². The number of nitrogens with one attached hydrogen (secondary N) is 2. The number of H-pyrrole nitrogens is 1. The van der Waals surface area contributed by atoms with Gasteiger partial charge in [-0.3, -0.25) is 0 Å². The maximum atomic E-state index is 5.79. The lowest BCUT2D eigenvalue weighted by Crippen LogP contribution is -2.05. The Bertz CT molecular complexity index is 673. The zero-order valence-corrected chi connectivity index (χ0v) is 11.4. The molecular formula is C16H17N3O. The van der Waals surface area contributed by atoms with E-state index in [-0.39, 0.29) is 0 Å². The first-order valence-corrected chi connectivity index (χ1v) is 6.65. The Balaban J connectivity index is 1.71. The van der Waals surface area contributed by atoms with E-state index in [1.54, 1.807) is 0 Å². The van der Waals surface area contributed by atoms with Gasteiger partial charge in [0.15, 0.2) is 0 Å². The van der Waals surface area contributed by atoms with Gasteiger partial charge in [-0.1, -0.05) is 24.3 Å². The molecule has 0 amide bonds. The van der Waals surface area contributed by atoms with Gasteiger partial charge in [0.05, 0.1) is 11.0 Å². The first-order chi connectivity index (χ1) is 9.85. The average molecular weight is 267 g/mol. The van der Waals surface area contributed by atoms with E-state index in [9.17, 15) is 0 Å². The zero-order chi connectivity index (χ0) is 13.8. The Hall–Kier alpha value is -2.33. The quantitative estimate of drug-likeness (QED) is 0.747. The van der Waals surface area contributed by atoms with E-state index in [4.69, 9.17) is 4.74 Å². The van der Waals surface area contributed by atoms with Crippen molar-refractivity contribution in [2.24, 2.45) is 0 Å². The molecule has 4 heteroatoms. The highest BCUT2D eigenvalue weighted by molar-refractivity contribution is 5.74.